The van der Waals surface area contributed by atoms with E-state index in [0.29, 0.717) is 0 Å². The fourth-order valence-corrected chi connectivity index (χ4v) is 0. The topological polar surface area (TPSA) is 100 Å². The van der Waals surface area contributed by atoms with Crippen LogP contribution in [0.4, 0.5) is 0 Å². The Balaban J connectivity index is -0.0000000150. The number of hydrogen-bond donors (Lipinski definition) is 1. The molecule has 0 aliphatic heterocycles. The molecule has 0 saturated heterocycles. The molecule has 0 heterocycles. The molecule has 0 aromatic carbocycles. The minimum atomic E-state index is -1.08. The zero-order valence-electron chi connectivity index (χ0n) is 3.77. The third-order valence-corrected chi connectivity index (χ3v) is 0. The molecule has 0 aromatic rings. The minimum absolute atomic E-state index is 0. The molecule has 7 heavy (non-hydrogen) atoms. The SMILES string of the molecule is O.O.[CH2-]C(=O)O.[Zn]. The van der Waals surface area contributed by atoms with Crippen LogP contribution in [0.25, 0.3) is 0 Å². The van der Waals surface area contributed by atoms with E-state index in [1.54, 1.807) is 0 Å². The van der Waals surface area contributed by atoms with Gasteiger partial charge in [0.05, 0.1) is 0 Å². The predicted octanol–water partition coefficient (Wildman–Crippen LogP) is -1.75. The Labute approximate surface area is 53.9 Å². The standard InChI is InChI=1S/C2H3O2.2H2O.Zn/c1-2(3)4;;;/h1H2,(H,3,4);2*1H2;/q-1;;;. The molecule has 4 nitrogen and oxygen atoms in total. The number of carboxylic acids is 1. The van der Waals surface area contributed by atoms with E-state index in [0.717, 1.165) is 0 Å². The summed E-state index contributed by atoms with van der Waals surface area (Å²) < 4.78 is 0. The van der Waals surface area contributed by atoms with E-state index in [-0.39, 0.29) is 30.4 Å². The first-order valence-electron chi connectivity index (χ1n) is 0.781. The summed E-state index contributed by atoms with van der Waals surface area (Å²) in [5, 5.41) is 7.31. The molecule has 0 aromatic heterocycles. The first-order valence-corrected chi connectivity index (χ1v) is 0.781. The molecule has 0 aliphatic rings. The molecule has 5 N–H and O–H groups in total. The van der Waals surface area contributed by atoms with Gasteiger partial charge >= 0.3 is 0 Å². The molecule has 42 valence electrons. The summed E-state index contributed by atoms with van der Waals surface area (Å²) in [5.41, 5.74) is 0. The van der Waals surface area contributed by atoms with Crippen LogP contribution in [0.3, 0.4) is 0 Å². The number of rotatable bonds is 0. The largest absolute Gasteiger partial charge is 0.503 e. The molecule has 0 spiro atoms. The van der Waals surface area contributed by atoms with Crippen LogP contribution in [0.2, 0.25) is 0 Å². The van der Waals surface area contributed by atoms with Crippen molar-refractivity contribution in [3.05, 3.63) is 6.92 Å². The van der Waals surface area contributed by atoms with Gasteiger partial charge in [-0.1, -0.05) is 0 Å². The van der Waals surface area contributed by atoms with Crippen LogP contribution in [0.1, 0.15) is 0 Å². The van der Waals surface area contributed by atoms with Crippen molar-refractivity contribution >= 4 is 5.97 Å². The maximum absolute atomic E-state index is 8.89. The van der Waals surface area contributed by atoms with E-state index < -0.39 is 5.97 Å². The number of hydrogen-bond acceptors (Lipinski definition) is 1. The van der Waals surface area contributed by atoms with Crippen molar-refractivity contribution in [1.29, 1.82) is 0 Å². The maximum Gasteiger partial charge on any atom is 0.161 e. The molecule has 0 unspecified atom stereocenters. The second kappa shape index (κ2) is 16.9. The molecule has 0 amide bonds. The quantitative estimate of drug-likeness (QED) is 0.336. The summed E-state index contributed by atoms with van der Waals surface area (Å²) in [7, 11) is 0. The van der Waals surface area contributed by atoms with E-state index in [1.165, 1.54) is 0 Å². The van der Waals surface area contributed by atoms with Gasteiger partial charge in [0, 0.05) is 19.5 Å². The van der Waals surface area contributed by atoms with E-state index in [1.807, 2.05) is 0 Å². The summed E-state index contributed by atoms with van der Waals surface area (Å²) in [4.78, 5) is 8.89. The zero-order valence-corrected chi connectivity index (χ0v) is 6.74. The van der Waals surface area contributed by atoms with Gasteiger partial charge in [0.2, 0.25) is 0 Å². The smallest absolute Gasteiger partial charge is 0.161 e. The van der Waals surface area contributed by atoms with Crippen molar-refractivity contribution in [1.82, 2.24) is 0 Å². The van der Waals surface area contributed by atoms with Crippen LogP contribution < -0.4 is 0 Å². The average molecular weight is 160 g/mol. The van der Waals surface area contributed by atoms with Crippen LogP contribution >= 0.6 is 0 Å². The first-order chi connectivity index (χ1) is 1.73. The van der Waals surface area contributed by atoms with Crippen LogP contribution in [0, 0.1) is 6.92 Å². The van der Waals surface area contributed by atoms with Crippen LogP contribution in [-0.4, -0.2) is 22.0 Å². The van der Waals surface area contributed by atoms with Gasteiger partial charge in [0.1, 0.15) is 0 Å². The number of aliphatic carboxylic acids is 1. The Morgan fingerprint density at radius 3 is 1.43 bits per heavy atom. The Kier molecular flexibility index (Phi) is 69.1. The van der Waals surface area contributed by atoms with Gasteiger partial charge in [-0.2, -0.15) is 0 Å². The summed E-state index contributed by atoms with van der Waals surface area (Å²) in [6.07, 6.45) is 0. The fourth-order valence-electron chi connectivity index (χ4n) is 0. The fraction of sp³-hybridized carbons (Fsp3) is 0. The van der Waals surface area contributed by atoms with Crippen LogP contribution in [-0.2, 0) is 24.3 Å². The molecule has 0 aliphatic carbocycles. The number of carbonyl (C=O) groups is 1. The average Bonchev–Trinajstić information content (AvgIpc) is 0.811. The van der Waals surface area contributed by atoms with Crippen LogP contribution in [0.15, 0.2) is 0 Å². The van der Waals surface area contributed by atoms with Gasteiger partial charge in [-0.3, -0.25) is 11.7 Å². The van der Waals surface area contributed by atoms with Gasteiger partial charge in [0.15, 0.2) is 5.97 Å². The monoisotopic (exact) mass is 159 g/mol. The first kappa shape index (κ1) is 28.7. The summed E-state index contributed by atoms with van der Waals surface area (Å²) in [6.45, 7) is 2.56. The predicted molar refractivity (Wildman–Crippen MR) is 20.2 cm³/mol. The van der Waals surface area contributed by atoms with Crippen molar-refractivity contribution in [2.24, 2.45) is 0 Å². The molecule has 0 rings (SSSR count). The molecule has 0 fully saturated rings. The van der Waals surface area contributed by atoms with Gasteiger partial charge in [-0.15, -0.1) is 0 Å². The Hall–Kier alpha value is -0.117. The van der Waals surface area contributed by atoms with E-state index >= 15 is 0 Å². The van der Waals surface area contributed by atoms with E-state index in [4.69, 9.17) is 9.90 Å². The molecule has 0 saturated carbocycles. The number of carboxylic acid groups (broad SMARTS) is 1. The van der Waals surface area contributed by atoms with E-state index in [2.05, 4.69) is 6.92 Å². The van der Waals surface area contributed by atoms with Crippen molar-refractivity contribution in [2.45, 2.75) is 0 Å². The molecule has 0 bridgehead atoms. The summed E-state index contributed by atoms with van der Waals surface area (Å²) in [6, 6.07) is 0. The third kappa shape index (κ3) is 6520. The second-order valence-corrected chi connectivity index (χ2v) is 0.394. The normalized spacial score (nSPS) is 3.43. The Bertz CT molecular complexity index is 32.7. The third-order valence-electron chi connectivity index (χ3n) is 0. The van der Waals surface area contributed by atoms with Crippen LogP contribution in [0.5, 0.6) is 0 Å². The van der Waals surface area contributed by atoms with Crippen molar-refractivity contribution < 1.29 is 40.3 Å². The Morgan fingerprint density at radius 2 is 1.43 bits per heavy atom. The summed E-state index contributed by atoms with van der Waals surface area (Å²) >= 11 is 0. The van der Waals surface area contributed by atoms with Crippen molar-refractivity contribution in [3.8, 4) is 0 Å². The van der Waals surface area contributed by atoms with Gasteiger partial charge in [-0.25, -0.2) is 0 Å². The maximum atomic E-state index is 8.89. The van der Waals surface area contributed by atoms with E-state index in [9.17, 15) is 0 Å². The molecular weight excluding hydrogens is 153 g/mol. The molecule has 0 radical (unpaired) electrons. The molecular formula is C2H7O4Zn-. The van der Waals surface area contributed by atoms with Gasteiger partial charge < -0.3 is 16.1 Å². The van der Waals surface area contributed by atoms with Gasteiger partial charge in [-0.05, 0) is 0 Å². The van der Waals surface area contributed by atoms with Gasteiger partial charge in [0.25, 0.3) is 0 Å². The second-order valence-electron chi connectivity index (χ2n) is 0.394. The zero-order chi connectivity index (χ0) is 3.58. The summed E-state index contributed by atoms with van der Waals surface area (Å²) in [5.74, 6) is -1.08. The Morgan fingerprint density at radius 1 is 1.43 bits per heavy atom. The molecule has 5 heteroatoms. The minimum Gasteiger partial charge on any atom is -0.503 e. The van der Waals surface area contributed by atoms with Crippen molar-refractivity contribution in [3.63, 3.8) is 0 Å². The van der Waals surface area contributed by atoms with Crippen molar-refractivity contribution in [2.75, 3.05) is 0 Å². The molecule has 0 atom stereocenters.